The highest BCUT2D eigenvalue weighted by Gasteiger charge is 2.07. The fraction of sp³-hybridized carbons (Fsp3) is 0. The van der Waals surface area contributed by atoms with Crippen LogP contribution >= 0.6 is 0 Å². The zero-order valence-electron chi connectivity index (χ0n) is 11.0. The quantitative estimate of drug-likeness (QED) is 0.523. The third kappa shape index (κ3) is 1.93. The predicted molar refractivity (Wildman–Crippen MR) is 83.3 cm³/mol. The van der Waals surface area contributed by atoms with Gasteiger partial charge in [0.05, 0.1) is 6.20 Å². The maximum atomic E-state index is 5.71. The molecule has 0 spiro atoms. The molecule has 0 fully saturated rings. The van der Waals surface area contributed by atoms with Gasteiger partial charge in [0.25, 0.3) is 0 Å². The highest BCUT2D eigenvalue weighted by molar-refractivity contribution is 5.95. The minimum atomic E-state index is 0.425. The summed E-state index contributed by atoms with van der Waals surface area (Å²) in [5, 5.41) is 12.3. The van der Waals surface area contributed by atoms with Gasteiger partial charge in [0.1, 0.15) is 5.82 Å². The molecule has 0 unspecified atom stereocenters. The molecule has 4 aromatic rings. The van der Waals surface area contributed by atoms with Gasteiger partial charge in [-0.2, -0.15) is 5.10 Å². The van der Waals surface area contributed by atoms with E-state index in [9.17, 15) is 0 Å². The van der Waals surface area contributed by atoms with Crippen molar-refractivity contribution in [3.8, 4) is 0 Å². The van der Waals surface area contributed by atoms with Gasteiger partial charge in [-0.3, -0.25) is 5.10 Å². The number of hydrogen-bond acceptors (Lipinski definition) is 5. The van der Waals surface area contributed by atoms with Crippen LogP contribution in [0, 0.1) is 0 Å². The van der Waals surface area contributed by atoms with E-state index < -0.39 is 0 Å². The van der Waals surface area contributed by atoms with Crippen molar-refractivity contribution in [1.82, 2.24) is 20.2 Å². The van der Waals surface area contributed by atoms with Crippen LogP contribution in [0.2, 0.25) is 0 Å². The number of aromatic nitrogens is 4. The van der Waals surface area contributed by atoms with Gasteiger partial charge in [-0.15, -0.1) is 0 Å². The molecule has 0 radical (unpaired) electrons. The average molecular weight is 276 g/mol. The molecule has 6 heteroatoms. The van der Waals surface area contributed by atoms with E-state index >= 15 is 0 Å². The summed E-state index contributed by atoms with van der Waals surface area (Å²) in [4.78, 5) is 8.68. The molecule has 4 rings (SSSR count). The molecule has 6 nitrogen and oxygen atoms in total. The fourth-order valence-electron chi connectivity index (χ4n) is 2.35. The first-order valence-electron chi connectivity index (χ1n) is 6.52. The Balaban J connectivity index is 1.79. The summed E-state index contributed by atoms with van der Waals surface area (Å²) in [7, 11) is 0. The fourth-order valence-corrected chi connectivity index (χ4v) is 2.35. The van der Waals surface area contributed by atoms with Crippen molar-refractivity contribution >= 4 is 39.3 Å². The first-order chi connectivity index (χ1) is 10.3. The van der Waals surface area contributed by atoms with Crippen LogP contribution in [-0.4, -0.2) is 20.2 Å². The summed E-state index contributed by atoms with van der Waals surface area (Å²) < 4.78 is 0. The van der Waals surface area contributed by atoms with Crippen LogP contribution < -0.4 is 11.1 Å². The van der Waals surface area contributed by atoms with Gasteiger partial charge in [-0.25, -0.2) is 9.97 Å². The lowest BCUT2D eigenvalue weighted by molar-refractivity contribution is 1.10. The van der Waals surface area contributed by atoms with E-state index in [1.165, 1.54) is 5.39 Å². The highest BCUT2D eigenvalue weighted by atomic mass is 15.2. The Morgan fingerprint density at radius 1 is 1.05 bits per heavy atom. The molecule has 2 heterocycles. The Kier molecular flexibility index (Phi) is 2.47. The van der Waals surface area contributed by atoms with Crippen LogP contribution in [0.15, 0.2) is 48.7 Å². The van der Waals surface area contributed by atoms with Crippen LogP contribution in [0.3, 0.4) is 0 Å². The number of H-pyrrole nitrogens is 1. The summed E-state index contributed by atoms with van der Waals surface area (Å²) in [6.45, 7) is 0. The first kappa shape index (κ1) is 11.7. The van der Waals surface area contributed by atoms with Crippen LogP contribution in [0.4, 0.5) is 17.3 Å². The second-order valence-electron chi connectivity index (χ2n) is 4.72. The largest absolute Gasteiger partial charge is 0.382 e. The van der Waals surface area contributed by atoms with Crippen molar-refractivity contribution < 1.29 is 0 Å². The van der Waals surface area contributed by atoms with Gasteiger partial charge >= 0.3 is 0 Å². The van der Waals surface area contributed by atoms with Gasteiger partial charge in [0, 0.05) is 11.1 Å². The van der Waals surface area contributed by atoms with E-state index in [-0.39, 0.29) is 0 Å². The Bertz CT molecular complexity index is 938. The van der Waals surface area contributed by atoms with Crippen molar-refractivity contribution in [3.63, 3.8) is 0 Å². The van der Waals surface area contributed by atoms with E-state index in [1.807, 2.05) is 24.3 Å². The van der Waals surface area contributed by atoms with Gasteiger partial charge in [-0.05, 0) is 11.5 Å². The number of nitrogen functional groups attached to an aromatic ring is 1. The molecule has 2 aromatic heterocycles. The lowest BCUT2D eigenvalue weighted by atomic mass is 10.1. The van der Waals surface area contributed by atoms with Gasteiger partial charge < -0.3 is 11.1 Å². The monoisotopic (exact) mass is 276 g/mol. The van der Waals surface area contributed by atoms with Gasteiger partial charge in [0.15, 0.2) is 11.3 Å². The molecule has 0 saturated heterocycles. The Hall–Kier alpha value is -3.15. The number of nitrogens with two attached hydrogens (primary N) is 1. The lowest BCUT2D eigenvalue weighted by Crippen LogP contribution is -1.96. The SMILES string of the molecule is Nc1[nH]nc2nc(Nc3cccc4ccccc34)cnc12. The molecule has 0 atom stereocenters. The smallest absolute Gasteiger partial charge is 0.203 e. The van der Waals surface area contributed by atoms with Crippen LogP contribution in [0.25, 0.3) is 21.9 Å². The number of nitrogens with zero attached hydrogens (tertiary/aromatic N) is 3. The number of anilines is 3. The van der Waals surface area contributed by atoms with E-state index in [0.29, 0.717) is 22.8 Å². The molecular weight excluding hydrogens is 264 g/mol. The molecule has 0 bridgehead atoms. The highest BCUT2D eigenvalue weighted by Crippen LogP contribution is 2.26. The van der Waals surface area contributed by atoms with Crippen molar-refractivity contribution in [2.45, 2.75) is 0 Å². The molecule has 0 amide bonds. The normalized spacial score (nSPS) is 11.0. The summed E-state index contributed by atoms with van der Waals surface area (Å²) in [6, 6.07) is 14.3. The molecule has 0 aliphatic rings. The number of hydrogen-bond donors (Lipinski definition) is 3. The van der Waals surface area contributed by atoms with Gasteiger partial charge in [0.2, 0.25) is 5.65 Å². The van der Waals surface area contributed by atoms with Crippen LogP contribution in [0.5, 0.6) is 0 Å². The summed E-state index contributed by atoms with van der Waals surface area (Å²) in [5.74, 6) is 1.06. The standard InChI is InChI=1S/C15H12N6/c16-14-13-15(21-20-14)19-12(8-17-13)18-11-7-3-5-9-4-1-2-6-10(9)11/h1-8H,(H4,16,18,19,20,21). The molecule has 0 aliphatic carbocycles. The number of aromatic amines is 1. The van der Waals surface area contributed by atoms with Crippen LogP contribution in [-0.2, 0) is 0 Å². The molecule has 0 aliphatic heterocycles. The minimum Gasteiger partial charge on any atom is -0.382 e. The molecule has 0 saturated carbocycles. The zero-order valence-corrected chi connectivity index (χ0v) is 11.0. The number of benzene rings is 2. The summed E-state index contributed by atoms with van der Waals surface area (Å²) in [6.07, 6.45) is 1.65. The van der Waals surface area contributed by atoms with Crippen molar-refractivity contribution in [3.05, 3.63) is 48.7 Å². The summed E-state index contributed by atoms with van der Waals surface area (Å²) in [5.41, 5.74) is 7.77. The van der Waals surface area contributed by atoms with E-state index in [4.69, 9.17) is 5.73 Å². The first-order valence-corrected chi connectivity index (χ1v) is 6.52. The topological polar surface area (TPSA) is 92.5 Å². The second kappa shape index (κ2) is 4.45. The average Bonchev–Trinajstić information content (AvgIpc) is 2.89. The Labute approximate surface area is 120 Å². The van der Waals surface area contributed by atoms with Crippen molar-refractivity contribution in [1.29, 1.82) is 0 Å². The summed E-state index contributed by atoms with van der Waals surface area (Å²) >= 11 is 0. The number of fused-ring (bicyclic) bond motifs is 2. The molecule has 4 N–H and O–H groups in total. The third-order valence-electron chi connectivity index (χ3n) is 3.34. The maximum absolute atomic E-state index is 5.71. The lowest BCUT2D eigenvalue weighted by Gasteiger charge is -2.08. The van der Waals surface area contributed by atoms with E-state index in [0.717, 1.165) is 11.1 Å². The number of nitrogens with one attached hydrogen (secondary N) is 2. The molecule has 102 valence electrons. The van der Waals surface area contributed by atoms with Crippen molar-refractivity contribution in [2.24, 2.45) is 0 Å². The van der Waals surface area contributed by atoms with E-state index in [1.54, 1.807) is 6.20 Å². The minimum absolute atomic E-state index is 0.425. The Morgan fingerprint density at radius 3 is 2.86 bits per heavy atom. The van der Waals surface area contributed by atoms with E-state index in [2.05, 4.69) is 43.7 Å². The van der Waals surface area contributed by atoms with Crippen molar-refractivity contribution in [2.75, 3.05) is 11.1 Å². The second-order valence-corrected chi connectivity index (χ2v) is 4.72. The number of rotatable bonds is 2. The third-order valence-corrected chi connectivity index (χ3v) is 3.34. The Morgan fingerprint density at radius 2 is 1.90 bits per heavy atom. The van der Waals surface area contributed by atoms with Gasteiger partial charge in [-0.1, -0.05) is 36.4 Å². The van der Waals surface area contributed by atoms with Crippen LogP contribution in [0.1, 0.15) is 0 Å². The molecule has 21 heavy (non-hydrogen) atoms. The molecular formula is C15H12N6. The zero-order chi connectivity index (χ0) is 14.2. The molecule has 2 aromatic carbocycles. The predicted octanol–water partition coefficient (Wildman–Crippen LogP) is 2.83. The maximum Gasteiger partial charge on any atom is 0.203 e.